The number of ether oxygens (including phenoxy) is 1. The summed E-state index contributed by atoms with van der Waals surface area (Å²) in [7, 11) is -3.62. The molecule has 1 fully saturated rings. The van der Waals surface area contributed by atoms with Crippen LogP contribution in [0.2, 0.25) is 0 Å². The van der Waals surface area contributed by atoms with Crippen molar-refractivity contribution in [1.29, 1.82) is 0 Å². The van der Waals surface area contributed by atoms with Crippen LogP contribution in [0.5, 0.6) is 0 Å². The molecule has 5 rings (SSSR count). The molecule has 2 aromatic carbocycles. The van der Waals surface area contributed by atoms with Gasteiger partial charge in [-0.05, 0) is 43.7 Å². The van der Waals surface area contributed by atoms with E-state index in [2.05, 4.69) is 10.3 Å². The van der Waals surface area contributed by atoms with Crippen LogP contribution in [0.15, 0.2) is 64.5 Å². The Morgan fingerprint density at radius 3 is 2.41 bits per heavy atom. The number of sulfonamides is 1. The summed E-state index contributed by atoms with van der Waals surface area (Å²) in [4.78, 5) is 32.3. The van der Waals surface area contributed by atoms with Gasteiger partial charge in [-0.2, -0.15) is 4.31 Å². The van der Waals surface area contributed by atoms with Crippen LogP contribution < -0.4 is 10.9 Å². The zero-order valence-corrected chi connectivity index (χ0v) is 22.1. The Labute approximate surface area is 218 Å². The number of aryl methyl sites for hydroxylation is 2. The molecule has 1 amide bonds. The lowest BCUT2D eigenvalue weighted by molar-refractivity contribution is -0.116. The van der Waals surface area contributed by atoms with E-state index in [9.17, 15) is 18.0 Å². The molecule has 0 bridgehead atoms. The van der Waals surface area contributed by atoms with Gasteiger partial charge in [-0.25, -0.2) is 13.4 Å². The fourth-order valence-electron chi connectivity index (χ4n) is 4.32. The van der Waals surface area contributed by atoms with Crippen molar-refractivity contribution in [3.8, 4) is 11.1 Å². The quantitative estimate of drug-likeness (QED) is 0.403. The molecular formula is C26H26N4O5S2. The molecule has 0 radical (unpaired) electrons. The lowest BCUT2D eigenvalue weighted by Crippen LogP contribution is -2.40. The van der Waals surface area contributed by atoms with Crippen LogP contribution in [0.25, 0.3) is 21.3 Å². The lowest BCUT2D eigenvalue weighted by Gasteiger charge is -2.26. The smallest absolute Gasteiger partial charge is 0.263 e. The zero-order valence-electron chi connectivity index (χ0n) is 20.4. The predicted octanol–water partition coefficient (Wildman–Crippen LogP) is 3.40. The van der Waals surface area contributed by atoms with Gasteiger partial charge in [-0.1, -0.05) is 29.8 Å². The van der Waals surface area contributed by atoms with Crippen LogP contribution in [0.4, 0.5) is 5.69 Å². The van der Waals surface area contributed by atoms with E-state index >= 15 is 0 Å². The number of anilines is 1. The summed E-state index contributed by atoms with van der Waals surface area (Å²) in [5.41, 5.74) is 3.04. The number of fused-ring (bicyclic) bond motifs is 1. The van der Waals surface area contributed by atoms with E-state index in [0.717, 1.165) is 21.6 Å². The number of benzene rings is 2. The minimum atomic E-state index is -3.62. The summed E-state index contributed by atoms with van der Waals surface area (Å²) in [5, 5.41) is 3.23. The standard InChI is InChI=1S/C26H26N4O5S2/c1-17-3-5-19(6-4-17)23-18(2)36-25-24(23)26(32)29(16-27-25)15-22(31)28-20-7-9-21(10-8-20)37(33,34)30-11-13-35-14-12-30/h3-10,16H,11-15H2,1-2H3,(H,28,31). The molecule has 3 heterocycles. The van der Waals surface area contributed by atoms with Gasteiger partial charge in [0.2, 0.25) is 15.9 Å². The average molecular weight is 539 g/mol. The van der Waals surface area contributed by atoms with Gasteiger partial charge >= 0.3 is 0 Å². The Hall–Kier alpha value is -3.38. The highest BCUT2D eigenvalue weighted by molar-refractivity contribution is 7.89. The molecule has 0 atom stereocenters. The number of rotatable bonds is 6. The van der Waals surface area contributed by atoms with Gasteiger partial charge < -0.3 is 10.1 Å². The van der Waals surface area contributed by atoms with Crippen molar-refractivity contribution < 1.29 is 17.9 Å². The summed E-state index contributed by atoms with van der Waals surface area (Å²) in [5.74, 6) is -0.420. The van der Waals surface area contributed by atoms with E-state index < -0.39 is 15.9 Å². The van der Waals surface area contributed by atoms with Crippen molar-refractivity contribution in [3.05, 3.63) is 75.7 Å². The summed E-state index contributed by atoms with van der Waals surface area (Å²) in [6.07, 6.45) is 1.39. The Balaban J connectivity index is 1.35. The number of amides is 1. The van der Waals surface area contributed by atoms with E-state index in [0.29, 0.717) is 42.2 Å². The molecule has 2 aromatic heterocycles. The minimum Gasteiger partial charge on any atom is -0.379 e. The molecule has 1 aliphatic heterocycles. The summed E-state index contributed by atoms with van der Waals surface area (Å²) in [6.45, 7) is 5.09. The third kappa shape index (κ3) is 5.08. The molecule has 0 spiro atoms. The largest absolute Gasteiger partial charge is 0.379 e. The van der Waals surface area contributed by atoms with Crippen LogP contribution in [-0.2, 0) is 26.1 Å². The highest BCUT2D eigenvalue weighted by Gasteiger charge is 2.26. The van der Waals surface area contributed by atoms with Crippen LogP contribution >= 0.6 is 11.3 Å². The van der Waals surface area contributed by atoms with E-state index in [1.54, 1.807) is 0 Å². The van der Waals surface area contributed by atoms with Crippen molar-refractivity contribution in [2.45, 2.75) is 25.3 Å². The summed E-state index contributed by atoms with van der Waals surface area (Å²) < 4.78 is 33.5. The molecule has 37 heavy (non-hydrogen) atoms. The molecule has 11 heteroatoms. The first kappa shape index (κ1) is 25.3. The SMILES string of the molecule is Cc1ccc(-c2c(C)sc3ncn(CC(=O)Nc4ccc(S(=O)(=O)N5CCOCC5)cc4)c(=O)c23)cc1. The Bertz CT molecular complexity index is 1620. The summed E-state index contributed by atoms with van der Waals surface area (Å²) in [6, 6.07) is 14.0. The average Bonchev–Trinajstić information content (AvgIpc) is 3.23. The molecule has 1 saturated heterocycles. The highest BCUT2D eigenvalue weighted by atomic mass is 32.2. The minimum absolute atomic E-state index is 0.148. The van der Waals surface area contributed by atoms with E-state index in [1.807, 2.05) is 38.1 Å². The Morgan fingerprint density at radius 2 is 1.73 bits per heavy atom. The van der Waals surface area contributed by atoms with Crippen LogP contribution in [-0.4, -0.2) is 54.5 Å². The number of nitrogens with one attached hydrogen (secondary N) is 1. The second kappa shape index (κ2) is 10.2. The topological polar surface area (TPSA) is 111 Å². The molecule has 0 unspecified atom stereocenters. The van der Waals surface area contributed by atoms with E-state index in [1.165, 1.54) is 50.8 Å². The van der Waals surface area contributed by atoms with Gasteiger partial charge in [0.1, 0.15) is 11.4 Å². The number of carbonyl (C=O) groups is 1. The molecule has 192 valence electrons. The Morgan fingerprint density at radius 1 is 1.05 bits per heavy atom. The number of thiophene rings is 1. The normalized spacial score (nSPS) is 14.6. The summed E-state index contributed by atoms with van der Waals surface area (Å²) >= 11 is 1.45. The second-order valence-electron chi connectivity index (χ2n) is 8.85. The molecule has 4 aromatic rings. The molecule has 1 N–H and O–H groups in total. The van der Waals surface area contributed by atoms with Crippen LogP contribution in [0.1, 0.15) is 10.4 Å². The molecule has 0 saturated carbocycles. The molecule has 9 nitrogen and oxygen atoms in total. The van der Waals surface area contributed by atoms with Crippen molar-refractivity contribution in [2.75, 3.05) is 31.6 Å². The van der Waals surface area contributed by atoms with Crippen molar-refractivity contribution in [1.82, 2.24) is 13.9 Å². The highest BCUT2D eigenvalue weighted by Crippen LogP contribution is 2.35. The number of carbonyl (C=O) groups excluding carboxylic acids is 1. The van der Waals surface area contributed by atoms with Gasteiger partial charge in [0, 0.05) is 29.2 Å². The fourth-order valence-corrected chi connectivity index (χ4v) is 6.73. The number of nitrogens with zero attached hydrogens (tertiary/aromatic N) is 3. The maximum absolute atomic E-state index is 13.4. The molecular weight excluding hydrogens is 512 g/mol. The lowest BCUT2D eigenvalue weighted by atomic mass is 10.0. The van der Waals surface area contributed by atoms with Gasteiger partial charge in [-0.15, -0.1) is 11.3 Å². The predicted molar refractivity (Wildman–Crippen MR) is 143 cm³/mol. The third-order valence-electron chi connectivity index (χ3n) is 6.25. The van der Waals surface area contributed by atoms with Gasteiger partial charge in [0.05, 0.1) is 29.8 Å². The van der Waals surface area contributed by atoms with Gasteiger partial charge in [0.25, 0.3) is 5.56 Å². The van der Waals surface area contributed by atoms with Crippen molar-refractivity contribution in [3.63, 3.8) is 0 Å². The van der Waals surface area contributed by atoms with Crippen molar-refractivity contribution in [2.24, 2.45) is 0 Å². The monoisotopic (exact) mass is 538 g/mol. The fraction of sp³-hybridized carbons (Fsp3) is 0.269. The zero-order chi connectivity index (χ0) is 26.2. The first-order valence-corrected chi connectivity index (χ1v) is 14.0. The number of hydrogen-bond donors (Lipinski definition) is 1. The van der Waals surface area contributed by atoms with E-state index in [-0.39, 0.29) is 17.0 Å². The second-order valence-corrected chi connectivity index (χ2v) is 12.0. The first-order chi connectivity index (χ1) is 17.7. The first-order valence-electron chi connectivity index (χ1n) is 11.8. The number of morpholine rings is 1. The van der Waals surface area contributed by atoms with Gasteiger partial charge in [0.15, 0.2) is 0 Å². The van der Waals surface area contributed by atoms with Crippen LogP contribution in [0.3, 0.4) is 0 Å². The molecule has 0 aliphatic carbocycles. The third-order valence-corrected chi connectivity index (χ3v) is 9.18. The van der Waals surface area contributed by atoms with Gasteiger partial charge in [-0.3, -0.25) is 14.2 Å². The Kier molecular flexibility index (Phi) is 6.95. The number of hydrogen-bond acceptors (Lipinski definition) is 7. The van der Waals surface area contributed by atoms with E-state index in [4.69, 9.17) is 4.74 Å². The van der Waals surface area contributed by atoms with Crippen LogP contribution in [0, 0.1) is 13.8 Å². The van der Waals surface area contributed by atoms with Crippen molar-refractivity contribution >= 4 is 43.2 Å². The maximum Gasteiger partial charge on any atom is 0.263 e. The number of aromatic nitrogens is 2. The molecule has 1 aliphatic rings. The maximum atomic E-state index is 13.4.